The molecule has 0 saturated heterocycles. The lowest BCUT2D eigenvalue weighted by Crippen LogP contribution is -2.31. The van der Waals surface area contributed by atoms with Crippen LogP contribution in [-0.2, 0) is 0 Å². The molecule has 2 aromatic heterocycles. The Hall–Kier alpha value is -3.02. The summed E-state index contributed by atoms with van der Waals surface area (Å²) in [6.07, 6.45) is 4.30. The summed E-state index contributed by atoms with van der Waals surface area (Å²) in [5.74, 6) is -0.824. The number of hydrogen-bond acceptors (Lipinski definition) is 11. The highest BCUT2D eigenvalue weighted by atomic mass is 32.1. The van der Waals surface area contributed by atoms with Crippen LogP contribution in [-0.4, -0.2) is 71.2 Å². The number of allylic oxidation sites excluding steroid dienone is 4. The van der Waals surface area contributed by atoms with Crippen molar-refractivity contribution in [3.8, 4) is 0 Å². The van der Waals surface area contributed by atoms with Gasteiger partial charge in [0, 0.05) is 25.2 Å². The smallest absolute Gasteiger partial charge is 0.228 e. The molecule has 0 aromatic carbocycles. The van der Waals surface area contributed by atoms with E-state index < -0.39 is 0 Å². The lowest BCUT2D eigenvalue weighted by molar-refractivity contribution is 0.0977. The number of thiazole rings is 2. The summed E-state index contributed by atoms with van der Waals surface area (Å²) in [4.78, 5) is 60.8. The van der Waals surface area contributed by atoms with E-state index in [1.165, 1.54) is 34.8 Å². The van der Waals surface area contributed by atoms with E-state index in [0.717, 1.165) is 25.9 Å². The van der Waals surface area contributed by atoms with Crippen molar-refractivity contribution in [1.29, 1.82) is 0 Å². The molecule has 0 bridgehead atoms. The van der Waals surface area contributed by atoms with Gasteiger partial charge in [0.1, 0.15) is 21.1 Å². The molecule has 11 heteroatoms. The molecule has 0 unspecified atom stereocenters. The molecular formula is C23H25N5O4S2. The standard InChI is InChI=1S/C23H25N5O4S2/c1-12-26-18-20(31)14(10-16(29)22(18)33-12)24-6-4-8-28(3)9-5-7-25-15-11-17(30)23-19(21(15)32)27-13(2)34-23/h10-11,24-25H,4-9H2,1-3H3. The summed E-state index contributed by atoms with van der Waals surface area (Å²) in [5, 5.41) is 7.55. The van der Waals surface area contributed by atoms with Crippen molar-refractivity contribution in [1.82, 2.24) is 25.5 Å². The zero-order chi connectivity index (χ0) is 24.4. The minimum atomic E-state index is -0.233. The van der Waals surface area contributed by atoms with E-state index in [2.05, 4.69) is 25.5 Å². The van der Waals surface area contributed by atoms with E-state index in [-0.39, 0.29) is 34.5 Å². The van der Waals surface area contributed by atoms with Crippen LogP contribution in [0.2, 0.25) is 0 Å². The van der Waals surface area contributed by atoms with Crippen LogP contribution in [0.3, 0.4) is 0 Å². The van der Waals surface area contributed by atoms with Crippen LogP contribution in [0, 0.1) is 13.8 Å². The monoisotopic (exact) mass is 499 g/mol. The molecule has 178 valence electrons. The van der Waals surface area contributed by atoms with E-state index in [1.54, 1.807) is 13.8 Å². The Balaban J connectivity index is 1.15. The number of rotatable bonds is 10. The van der Waals surface area contributed by atoms with Gasteiger partial charge in [0.25, 0.3) is 0 Å². The summed E-state index contributed by atoms with van der Waals surface area (Å²) in [5.41, 5.74) is 1.09. The molecule has 0 amide bonds. The highest BCUT2D eigenvalue weighted by Crippen LogP contribution is 2.26. The molecular weight excluding hydrogens is 474 g/mol. The number of nitrogens with one attached hydrogen (secondary N) is 2. The fraction of sp³-hybridized carbons (Fsp3) is 0.391. The van der Waals surface area contributed by atoms with Gasteiger partial charge in [-0.3, -0.25) is 19.2 Å². The van der Waals surface area contributed by atoms with Gasteiger partial charge in [-0.05, 0) is 46.8 Å². The number of carbonyl (C=O) groups is 4. The van der Waals surface area contributed by atoms with Gasteiger partial charge in [-0.1, -0.05) is 0 Å². The molecule has 0 aliphatic heterocycles. The first-order chi connectivity index (χ1) is 16.2. The fourth-order valence-corrected chi connectivity index (χ4v) is 5.45. The molecule has 0 atom stereocenters. The summed E-state index contributed by atoms with van der Waals surface area (Å²) in [6.45, 7) is 6.28. The van der Waals surface area contributed by atoms with E-state index in [0.29, 0.717) is 44.3 Å². The van der Waals surface area contributed by atoms with Crippen LogP contribution in [0.1, 0.15) is 63.2 Å². The second kappa shape index (κ2) is 10.1. The average molecular weight is 500 g/mol. The van der Waals surface area contributed by atoms with Crippen molar-refractivity contribution in [2.24, 2.45) is 0 Å². The van der Waals surface area contributed by atoms with Gasteiger partial charge in [-0.15, -0.1) is 22.7 Å². The van der Waals surface area contributed by atoms with Gasteiger partial charge in [0.05, 0.1) is 21.4 Å². The van der Waals surface area contributed by atoms with Crippen molar-refractivity contribution in [3.05, 3.63) is 54.7 Å². The zero-order valence-electron chi connectivity index (χ0n) is 19.2. The molecule has 34 heavy (non-hydrogen) atoms. The van der Waals surface area contributed by atoms with Gasteiger partial charge in [-0.2, -0.15) is 0 Å². The third-order valence-corrected chi connectivity index (χ3v) is 7.42. The maximum Gasteiger partial charge on any atom is 0.228 e. The first-order valence-corrected chi connectivity index (χ1v) is 12.6. The van der Waals surface area contributed by atoms with E-state index in [9.17, 15) is 19.2 Å². The normalized spacial score (nSPS) is 15.3. The number of fused-ring (bicyclic) bond motifs is 2. The van der Waals surface area contributed by atoms with Crippen LogP contribution in [0.5, 0.6) is 0 Å². The Bertz CT molecular complexity index is 1150. The molecule has 9 nitrogen and oxygen atoms in total. The number of carbonyl (C=O) groups excluding carboxylic acids is 4. The van der Waals surface area contributed by atoms with Gasteiger partial charge >= 0.3 is 0 Å². The predicted molar refractivity (Wildman–Crippen MR) is 130 cm³/mol. The number of aromatic nitrogens is 2. The van der Waals surface area contributed by atoms with E-state index in [4.69, 9.17) is 0 Å². The number of nitrogens with zero attached hydrogens (tertiary/aromatic N) is 3. The van der Waals surface area contributed by atoms with Crippen LogP contribution >= 0.6 is 22.7 Å². The SMILES string of the molecule is Cc1nc2c(s1)C(=O)C=C(NCCCN(C)CCCNC1=CC(=O)c3sc(C)nc3C1=O)C2=O. The molecule has 2 aliphatic carbocycles. The number of ketones is 4. The van der Waals surface area contributed by atoms with Crippen LogP contribution in [0.15, 0.2) is 23.5 Å². The van der Waals surface area contributed by atoms with Crippen LogP contribution < -0.4 is 10.6 Å². The average Bonchev–Trinajstić information content (AvgIpc) is 3.38. The summed E-state index contributed by atoms with van der Waals surface area (Å²) in [7, 11) is 2.00. The molecule has 0 radical (unpaired) electrons. The van der Waals surface area contributed by atoms with Crippen molar-refractivity contribution in [3.63, 3.8) is 0 Å². The molecule has 4 rings (SSSR count). The topological polar surface area (TPSA) is 121 Å². The fourth-order valence-electron chi connectivity index (χ4n) is 3.79. The number of hydrogen-bond donors (Lipinski definition) is 2. The molecule has 0 fully saturated rings. The Morgan fingerprint density at radius 3 is 1.59 bits per heavy atom. The minimum absolute atomic E-state index is 0.179. The number of aryl methyl sites for hydroxylation is 2. The van der Waals surface area contributed by atoms with Crippen molar-refractivity contribution in [2.45, 2.75) is 26.7 Å². The highest BCUT2D eigenvalue weighted by Gasteiger charge is 2.30. The van der Waals surface area contributed by atoms with Crippen molar-refractivity contribution in [2.75, 3.05) is 33.2 Å². The number of Topliss-reactive ketones (excluding diaryl/α,β-unsaturated/α-hetero) is 2. The lowest BCUT2D eigenvalue weighted by Gasteiger charge is -2.18. The van der Waals surface area contributed by atoms with Crippen LogP contribution in [0.25, 0.3) is 0 Å². The Morgan fingerprint density at radius 1 is 0.765 bits per heavy atom. The summed E-state index contributed by atoms with van der Waals surface area (Å²) < 4.78 is 0. The maximum atomic E-state index is 12.5. The van der Waals surface area contributed by atoms with Gasteiger partial charge in [0.15, 0.2) is 11.6 Å². The third kappa shape index (κ3) is 5.06. The second-order valence-corrected chi connectivity index (χ2v) is 10.6. The third-order valence-electron chi connectivity index (χ3n) is 5.45. The summed E-state index contributed by atoms with van der Waals surface area (Å²) in [6, 6.07) is 0. The van der Waals surface area contributed by atoms with Crippen molar-refractivity contribution >= 4 is 45.8 Å². The Morgan fingerprint density at radius 2 is 1.18 bits per heavy atom. The van der Waals surface area contributed by atoms with Gasteiger partial charge in [0.2, 0.25) is 11.6 Å². The van der Waals surface area contributed by atoms with Crippen molar-refractivity contribution < 1.29 is 19.2 Å². The molecule has 2 heterocycles. The Kier molecular flexibility index (Phi) is 7.15. The second-order valence-electron chi connectivity index (χ2n) is 8.19. The largest absolute Gasteiger partial charge is 0.382 e. The minimum Gasteiger partial charge on any atom is -0.382 e. The molecule has 2 aliphatic rings. The first kappa shape index (κ1) is 24.1. The van der Waals surface area contributed by atoms with Gasteiger partial charge in [-0.25, -0.2) is 9.97 Å². The Labute approximate surface area is 205 Å². The van der Waals surface area contributed by atoms with Gasteiger partial charge < -0.3 is 15.5 Å². The molecule has 2 aromatic rings. The zero-order valence-corrected chi connectivity index (χ0v) is 20.8. The quantitative estimate of drug-likeness (QED) is 0.474. The molecule has 2 N–H and O–H groups in total. The highest BCUT2D eigenvalue weighted by molar-refractivity contribution is 7.14. The lowest BCUT2D eigenvalue weighted by atomic mass is 10.0. The van der Waals surface area contributed by atoms with E-state index >= 15 is 0 Å². The maximum absolute atomic E-state index is 12.5. The van der Waals surface area contributed by atoms with Crippen LogP contribution in [0.4, 0.5) is 0 Å². The first-order valence-electron chi connectivity index (χ1n) is 11.0. The molecule has 0 spiro atoms. The van der Waals surface area contributed by atoms with E-state index in [1.807, 2.05) is 7.05 Å². The molecule has 0 saturated carbocycles. The summed E-state index contributed by atoms with van der Waals surface area (Å²) >= 11 is 2.49. The predicted octanol–water partition coefficient (Wildman–Crippen LogP) is 2.33.